The van der Waals surface area contributed by atoms with Crippen LogP contribution < -0.4 is 0 Å². The van der Waals surface area contributed by atoms with E-state index >= 15 is 0 Å². The first-order valence-corrected chi connectivity index (χ1v) is 2.51. The lowest BCUT2D eigenvalue weighted by molar-refractivity contribution is 0.882. The Hall–Kier alpha value is -1.02. The minimum atomic E-state index is 0.326. The second-order valence-electron chi connectivity index (χ2n) is 1.45. The molecule has 0 bridgehead atoms. The molecule has 0 saturated heterocycles. The molecule has 0 amide bonds. The quantitative estimate of drug-likeness (QED) is 0.535. The maximum Gasteiger partial charge on any atom is 0.175 e. The molecule has 0 aromatic rings. The summed E-state index contributed by atoms with van der Waals surface area (Å²) in [5, 5.41) is 16.3. The average Bonchev–Trinajstić information content (AvgIpc) is 1.83. The maximum absolute atomic E-state index is 8.15. The zero-order chi connectivity index (χ0) is 6.41. The highest BCUT2D eigenvalue weighted by molar-refractivity contribution is 5.25. The minimum absolute atomic E-state index is 0.326. The van der Waals surface area contributed by atoms with E-state index in [1.165, 1.54) is 0 Å². The molecule has 0 aromatic carbocycles. The Kier molecular flexibility index (Phi) is 3.62. The van der Waals surface area contributed by atoms with Gasteiger partial charge in [-0.05, 0) is 6.42 Å². The Morgan fingerprint density at radius 1 is 1.38 bits per heavy atom. The highest BCUT2D eigenvalue weighted by Crippen LogP contribution is 2.03. The fourth-order valence-corrected chi connectivity index (χ4v) is 0.387. The van der Waals surface area contributed by atoms with Gasteiger partial charge in [-0.2, -0.15) is 10.5 Å². The van der Waals surface area contributed by atoms with Crippen LogP contribution in [0, 0.1) is 28.6 Å². The van der Waals surface area contributed by atoms with Crippen LogP contribution >= 0.6 is 0 Å². The molecule has 0 aliphatic heterocycles. The van der Waals surface area contributed by atoms with E-state index in [9.17, 15) is 0 Å². The molecule has 41 valence electrons. The molecule has 0 rings (SSSR count). The van der Waals surface area contributed by atoms with E-state index in [1.54, 1.807) is 0 Å². The third kappa shape index (κ3) is 2.21. The van der Waals surface area contributed by atoms with Crippen molar-refractivity contribution in [1.82, 2.24) is 0 Å². The average molecular weight is 107 g/mol. The van der Waals surface area contributed by atoms with Gasteiger partial charge in [-0.1, -0.05) is 13.3 Å². The first kappa shape index (κ1) is 6.98. The largest absolute Gasteiger partial charge is 0.196 e. The van der Waals surface area contributed by atoms with Gasteiger partial charge in [0.1, 0.15) is 0 Å². The highest BCUT2D eigenvalue weighted by atomic mass is 14.3. The Bertz CT molecular complexity index is 112. The maximum atomic E-state index is 8.15. The van der Waals surface area contributed by atoms with E-state index in [0.717, 1.165) is 6.42 Å². The third-order valence-electron chi connectivity index (χ3n) is 0.770. The zero-order valence-electron chi connectivity index (χ0n) is 4.81. The zero-order valence-corrected chi connectivity index (χ0v) is 4.81. The van der Waals surface area contributed by atoms with Gasteiger partial charge < -0.3 is 0 Å². The SMILES string of the molecule is CCC[C](C#N)C#N. The van der Waals surface area contributed by atoms with Crippen LogP contribution in [0.4, 0.5) is 0 Å². The second-order valence-corrected chi connectivity index (χ2v) is 1.45. The van der Waals surface area contributed by atoms with Gasteiger partial charge in [0.25, 0.3) is 0 Å². The summed E-state index contributed by atoms with van der Waals surface area (Å²) in [5.41, 5.74) is 0. The summed E-state index contributed by atoms with van der Waals surface area (Å²) in [4.78, 5) is 0. The summed E-state index contributed by atoms with van der Waals surface area (Å²) in [6, 6.07) is 3.62. The minimum Gasteiger partial charge on any atom is -0.196 e. The van der Waals surface area contributed by atoms with Crippen LogP contribution in [-0.2, 0) is 0 Å². The summed E-state index contributed by atoms with van der Waals surface area (Å²) in [7, 11) is 0. The van der Waals surface area contributed by atoms with Crippen LogP contribution in [0.1, 0.15) is 19.8 Å². The van der Waals surface area contributed by atoms with Crippen LogP contribution in [0.25, 0.3) is 0 Å². The monoisotopic (exact) mass is 107 g/mol. The van der Waals surface area contributed by atoms with Crippen molar-refractivity contribution in [2.75, 3.05) is 0 Å². The summed E-state index contributed by atoms with van der Waals surface area (Å²) >= 11 is 0. The molecule has 2 nitrogen and oxygen atoms in total. The second kappa shape index (κ2) is 4.15. The van der Waals surface area contributed by atoms with Crippen LogP contribution in [0.3, 0.4) is 0 Å². The first-order valence-electron chi connectivity index (χ1n) is 2.51. The standard InChI is InChI=1S/C6H7N2/c1-2-3-6(4-7)5-8/h2-3H2,1H3. The molecule has 0 aliphatic rings. The van der Waals surface area contributed by atoms with Crippen molar-refractivity contribution in [3.05, 3.63) is 5.92 Å². The Morgan fingerprint density at radius 3 is 2.00 bits per heavy atom. The number of nitriles is 2. The van der Waals surface area contributed by atoms with Crippen molar-refractivity contribution in [3.63, 3.8) is 0 Å². The number of rotatable bonds is 2. The van der Waals surface area contributed by atoms with Crippen molar-refractivity contribution < 1.29 is 0 Å². The molecule has 2 heteroatoms. The summed E-state index contributed by atoms with van der Waals surface area (Å²) in [6.07, 6.45) is 1.49. The lowest BCUT2D eigenvalue weighted by Gasteiger charge is -1.88. The Morgan fingerprint density at radius 2 is 1.88 bits per heavy atom. The van der Waals surface area contributed by atoms with Gasteiger partial charge in [0.05, 0.1) is 12.1 Å². The number of hydrogen-bond acceptors (Lipinski definition) is 2. The van der Waals surface area contributed by atoms with E-state index in [2.05, 4.69) is 0 Å². The summed E-state index contributed by atoms with van der Waals surface area (Å²) in [6.45, 7) is 1.94. The molecule has 0 aliphatic carbocycles. The Balaban J connectivity index is 3.46. The molecule has 0 fully saturated rings. The Labute approximate surface area is 49.3 Å². The van der Waals surface area contributed by atoms with Crippen molar-refractivity contribution in [2.24, 2.45) is 0 Å². The molecule has 1 radical (unpaired) electrons. The molecule has 0 saturated carbocycles. The fourth-order valence-electron chi connectivity index (χ4n) is 0.387. The van der Waals surface area contributed by atoms with Gasteiger partial charge in [0.2, 0.25) is 0 Å². The van der Waals surface area contributed by atoms with Crippen molar-refractivity contribution in [2.45, 2.75) is 19.8 Å². The molecule has 0 N–H and O–H groups in total. The van der Waals surface area contributed by atoms with Crippen molar-refractivity contribution in [3.8, 4) is 12.1 Å². The first-order chi connectivity index (χ1) is 3.85. The van der Waals surface area contributed by atoms with Crippen LogP contribution in [-0.4, -0.2) is 0 Å². The number of hydrogen-bond donors (Lipinski definition) is 0. The summed E-state index contributed by atoms with van der Waals surface area (Å²) in [5.74, 6) is 0.326. The van der Waals surface area contributed by atoms with Crippen LogP contribution in [0.2, 0.25) is 0 Å². The predicted octanol–water partition coefficient (Wildman–Crippen LogP) is 1.41. The topological polar surface area (TPSA) is 47.6 Å². The van der Waals surface area contributed by atoms with Gasteiger partial charge in [0.15, 0.2) is 5.92 Å². The van der Waals surface area contributed by atoms with E-state index in [-0.39, 0.29) is 0 Å². The third-order valence-corrected chi connectivity index (χ3v) is 0.770. The van der Waals surface area contributed by atoms with E-state index in [0.29, 0.717) is 12.3 Å². The smallest absolute Gasteiger partial charge is 0.175 e. The molecular formula is C6H7N2. The predicted molar refractivity (Wildman–Crippen MR) is 29.4 cm³/mol. The normalized spacial score (nSPS) is 8.00. The van der Waals surface area contributed by atoms with E-state index < -0.39 is 0 Å². The lowest BCUT2D eigenvalue weighted by atomic mass is 10.1. The number of nitrogens with zero attached hydrogens (tertiary/aromatic N) is 2. The van der Waals surface area contributed by atoms with E-state index in [4.69, 9.17) is 10.5 Å². The van der Waals surface area contributed by atoms with Gasteiger partial charge in [-0.15, -0.1) is 0 Å². The van der Waals surface area contributed by atoms with Gasteiger partial charge in [0, 0.05) is 0 Å². The summed E-state index contributed by atoms with van der Waals surface area (Å²) < 4.78 is 0. The molecule has 0 spiro atoms. The van der Waals surface area contributed by atoms with E-state index in [1.807, 2.05) is 19.1 Å². The van der Waals surface area contributed by atoms with Gasteiger partial charge in [-0.3, -0.25) is 0 Å². The lowest BCUT2D eigenvalue weighted by Crippen LogP contribution is -1.86. The highest BCUT2D eigenvalue weighted by Gasteiger charge is 2.02. The molecule has 0 heterocycles. The van der Waals surface area contributed by atoms with Crippen molar-refractivity contribution in [1.29, 1.82) is 10.5 Å². The fraction of sp³-hybridized carbons (Fsp3) is 0.500. The van der Waals surface area contributed by atoms with Crippen LogP contribution in [0.5, 0.6) is 0 Å². The van der Waals surface area contributed by atoms with Gasteiger partial charge in [-0.25, -0.2) is 0 Å². The molecule has 8 heavy (non-hydrogen) atoms. The molecule has 0 aromatic heterocycles. The van der Waals surface area contributed by atoms with Gasteiger partial charge >= 0.3 is 0 Å². The molecule has 0 atom stereocenters. The van der Waals surface area contributed by atoms with Crippen LogP contribution in [0.15, 0.2) is 0 Å². The molecular weight excluding hydrogens is 100 g/mol. The molecule has 0 unspecified atom stereocenters. The van der Waals surface area contributed by atoms with Crippen molar-refractivity contribution >= 4 is 0 Å².